The van der Waals surface area contributed by atoms with Crippen LogP contribution >= 0.6 is 11.3 Å². The van der Waals surface area contributed by atoms with E-state index in [1.807, 2.05) is 32.0 Å². The number of nitrogens with one attached hydrogen (secondary N) is 1. The number of rotatable bonds is 6. The van der Waals surface area contributed by atoms with Crippen LogP contribution in [0.15, 0.2) is 18.2 Å². The molecule has 1 heterocycles. The van der Waals surface area contributed by atoms with Crippen LogP contribution in [0.5, 0.6) is 5.75 Å². The van der Waals surface area contributed by atoms with E-state index < -0.39 is 0 Å². The molecule has 2 rings (SSSR count). The van der Waals surface area contributed by atoms with Crippen molar-refractivity contribution in [1.82, 2.24) is 10.2 Å². The topological polar surface area (TPSA) is 64.1 Å². The standard InChI is InChI=1S/C15H19N3O2S/c1-4-5-14-17-18-15(21-14)16-13(19)9-20-12-8-10(2)6-7-11(12)3/h6-8H,4-5,9H2,1-3H3,(H,16,18,19). The number of ether oxygens (including phenoxy) is 1. The Bertz CT molecular complexity index is 625. The molecule has 1 amide bonds. The van der Waals surface area contributed by atoms with Gasteiger partial charge in [-0.2, -0.15) is 0 Å². The van der Waals surface area contributed by atoms with Crippen molar-refractivity contribution in [2.24, 2.45) is 0 Å². The fourth-order valence-electron chi connectivity index (χ4n) is 1.78. The molecule has 1 N–H and O–H groups in total. The number of carbonyl (C=O) groups is 1. The Kier molecular flexibility index (Phi) is 5.27. The van der Waals surface area contributed by atoms with Crippen molar-refractivity contribution < 1.29 is 9.53 Å². The van der Waals surface area contributed by atoms with E-state index in [-0.39, 0.29) is 12.5 Å². The second-order valence-electron chi connectivity index (χ2n) is 4.86. The Morgan fingerprint density at radius 2 is 2.14 bits per heavy atom. The Hall–Kier alpha value is -1.95. The molecule has 0 saturated carbocycles. The lowest BCUT2D eigenvalue weighted by Gasteiger charge is -2.09. The maximum absolute atomic E-state index is 11.9. The first-order valence-corrected chi connectivity index (χ1v) is 7.72. The average molecular weight is 305 g/mol. The van der Waals surface area contributed by atoms with Crippen molar-refractivity contribution in [3.05, 3.63) is 34.3 Å². The normalized spacial score (nSPS) is 10.4. The molecule has 112 valence electrons. The van der Waals surface area contributed by atoms with E-state index in [2.05, 4.69) is 22.4 Å². The van der Waals surface area contributed by atoms with Crippen molar-refractivity contribution in [3.63, 3.8) is 0 Å². The molecule has 0 fully saturated rings. The van der Waals surface area contributed by atoms with Crippen LogP contribution < -0.4 is 10.1 Å². The van der Waals surface area contributed by atoms with Crippen LogP contribution in [-0.2, 0) is 11.2 Å². The minimum atomic E-state index is -0.227. The van der Waals surface area contributed by atoms with Crippen molar-refractivity contribution in [2.45, 2.75) is 33.6 Å². The molecule has 5 nitrogen and oxygen atoms in total. The van der Waals surface area contributed by atoms with Crippen LogP contribution in [0.4, 0.5) is 5.13 Å². The molecule has 1 aromatic heterocycles. The van der Waals surface area contributed by atoms with Gasteiger partial charge in [0.25, 0.3) is 5.91 Å². The van der Waals surface area contributed by atoms with Gasteiger partial charge in [-0.25, -0.2) is 0 Å². The summed E-state index contributed by atoms with van der Waals surface area (Å²) in [7, 11) is 0. The monoisotopic (exact) mass is 305 g/mol. The third-order valence-electron chi connectivity index (χ3n) is 2.88. The lowest BCUT2D eigenvalue weighted by molar-refractivity contribution is -0.118. The molecule has 21 heavy (non-hydrogen) atoms. The van der Waals surface area contributed by atoms with Gasteiger partial charge in [-0.05, 0) is 37.5 Å². The van der Waals surface area contributed by atoms with Crippen LogP contribution in [0.2, 0.25) is 0 Å². The van der Waals surface area contributed by atoms with E-state index in [4.69, 9.17) is 4.74 Å². The Balaban J connectivity index is 1.88. The van der Waals surface area contributed by atoms with Crippen molar-refractivity contribution in [1.29, 1.82) is 0 Å². The molecule has 0 atom stereocenters. The fourth-order valence-corrected chi connectivity index (χ4v) is 2.64. The molecule has 0 radical (unpaired) electrons. The third-order valence-corrected chi connectivity index (χ3v) is 3.78. The summed E-state index contributed by atoms with van der Waals surface area (Å²) in [5.74, 6) is 0.504. The minimum absolute atomic E-state index is 0.0347. The van der Waals surface area contributed by atoms with Gasteiger partial charge in [0, 0.05) is 6.42 Å². The maximum atomic E-state index is 11.9. The van der Waals surface area contributed by atoms with Gasteiger partial charge in [0.1, 0.15) is 10.8 Å². The van der Waals surface area contributed by atoms with E-state index in [9.17, 15) is 4.79 Å². The molecule has 0 aliphatic carbocycles. The Morgan fingerprint density at radius 3 is 2.90 bits per heavy atom. The quantitative estimate of drug-likeness (QED) is 0.890. The lowest BCUT2D eigenvalue weighted by atomic mass is 10.1. The van der Waals surface area contributed by atoms with Gasteiger partial charge in [0.2, 0.25) is 5.13 Å². The van der Waals surface area contributed by atoms with Crippen LogP contribution in [0.1, 0.15) is 29.5 Å². The van der Waals surface area contributed by atoms with Gasteiger partial charge in [0.05, 0.1) is 0 Å². The van der Waals surface area contributed by atoms with E-state index in [0.717, 1.165) is 34.7 Å². The van der Waals surface area contributed by atoms with E-state index in [1.54, 1.807) is 0 Å². The minimum Gasteiger partial charge on any atom is -0.483 e. The van der Waals surface area contributed by atoms with E-state index >= 15 is 0 Å². The number of amides is 1. The van der Waals surface area contributed by atoms with Crippen molar-refractivity contribution in [2.75, 3.05) is 11.9 Å². The number of hydrogen-bond donors (Lipinski definition) is 1. The number of hydrogen-bond acceptors (Lipinski definition) is 5. The van der Waals surface area contributed by atoms with Gasteiger partial charge < -0.3 is 4.74 Å². The predicted octanol–water partition coefficient (Wildman–Crippen LogP) is 3.12. The van der Waals surface area contributed by atoms with E-state index in [1.165, 1.54) is 11.3 Å². The summed E-state index contributed by atoms with van der Waals surface area (Å²) in [5.41, 5.74) is 2.11. The largest absolute Gasteiger partial charge is 0.483 e. The van der Waals surface area contributed by atoms with Crippen LogP contribution in [0, 0.1) is 13.8 Å². The molecule has 2 aromatic rings. The highest BCUT2D eigenvalue weighted by Gasteiger charge is 2.09. The average Bonchev–Trinajstić information content (AvgIpc) is 2.87. The zero-order chi connectivity index (χ0) is 15.2. The molecule has 6 heteroatoms. The number of anilines is 1. The molecule has 1 aromatic carbocycles. The molecule has 0 bridgehead atoms. The smallest absolute Gasteiger partial charge is 0.264 e. The highest BCUT2D eigenvalue weighted by Crippen LogP contribution is 2.19. The molecule has 0 aliphatic heterocycles. The molecular formula is C15H19N3O2S. The highest BCUT2D eigenvalue weighted by atomic mass is 32.1. The zero-order valence-corrected chi connectivity index (χ0v) is 13.3. The van der Waals surface area contributed by atoms with Crippen LogP contribution in [-0.4, -0.2) is 22.7 Å². The summed E-state index contributed by atoms with van der Waals surface area (Å²) in [6, 6.07) is 5.91. The molecule has 0 saturated heterocycles. The summed E-state index contributed by atoms with van der Waals surface area (Å²) < 4.78 is 5.55. The Labute approximate surface area is 128 Å². The first-order valence-electron chi connectivity index (χ1n) is 6.90. The fraction of sp³-hybridized carbons (Fsp3) is 0.400. The zero-order valence-electron chi connectivity index (χ0n) is 12.5. The molecule has 0 aliphatic rings. The van der Waals surface area contributed by atoms with Crippen LogP contribution in [0.3, 0.4) is 0 Å². The first kappa shape index (κ1) is 15.4. The summed E-state index contributed by atoms with van der Waals surface area (Å²) in [6.45, 7) is 5.99. The number of aromatic nitrogens is 2. The molecular weight excluding hydrogens is 286 g/mol. The predicted molar refractivity (Wildman–Crippen MR) is 83.9 cm³/mol. The van der Waals surface area contributed by atoms with Crippen molar-refractivity contribution >= 4 is 22.4 Å². The van der Waals surface area contributed by atoms with Gasteiger partial charge in [0.15, 0.2) is 6.61 Å². The molecule has 0 spiro atoms. The summed E-state index contributed by atoms with van der Waals surface area (Å²) >= 11 is 1.40. The van der Waals surface area contributed by atoms with E-state index in [0.29, 0.717) is 5.13 Å². The first-order chi connectivity index (χ1) is 10.1. The SMILES string of the molecule is CCCc1nnc(NC(=O)COc2cc(C)ccc2C)s1. The summed E-state index contributed by atoms with van der Waals surface area (Å²) in [5, 5.41) is 12.1. The van der Waals surface area contributed by atoms with Gasteiger partial charge in [-0.15, -0.1) is 10.2 Å². The van der Waals surface area contributed by atoms with Crippen LogP contribution in [0.25, 0.3) is 0 Å². The number of carbonyl (C=O) groups excluding carboxylic acids is 1. The second-order valence-corrected chi connectivity index (χ2v) is 5.92. The number of benzene rings is 1. The van der Waals surface area contributed by atoms with Gasteiger partial charge >= 0.3 is 0 Å². The van der Waals surface area contributed by atoms with Gasteiger partial charge in [-0.3, -0.25) is 10.1 Å². The van der Waals surface area contributed by atoms with Gasteiger partial charge in [-0.1, -0.05) is 30.4 Å². The maximum Gasteiger partial charge on any atom is 0.264 e. The number of aryl methyl sites for hydroxylation is 3. The van der Waals surface area contributed by atoms with Crippen molar-refractivity contribution in [3.8, 4) is 5.75 Å². The summed E-state index contributed by atoms with van der Waals surface area (Å²) in [4.78, 5) is 11.9. The lowest BCUT2D eigenvalue weighted by Crippen LogP contribution is -2.20. The number of nitrogens with zero attached hydrogens (tertiary/aromatic N) is 2. The third kappa shape index (κ3) is 4.53. The molecule has 0 unspecified atom stereocenters. The highest BCUT2D eigenvalue weighted by molar-refractivity contribution is 7.15. The second kappa shape index (κ2) is 7.17. The Morgan fingerprint density at radius 1 is 1.33 bits per heavy atom. The summed E-state index contributed by atoms with van der Waals surface area (Å²) in [6.07, 6.45) is 1.89.